The lowest BCUT2D eigenvalue weighted by Crippen LogP contribution is -2.29. The Hall–Kier alpha value is -0.930. The number of benzene rings is 1. The molecule has 0 aromatic heterocycles. The molecule has 1 aliphatic heterocycles. The third-order valence-electron chi connectivity index (χ3n) is 3.56. The van der Waals surface area contributed by atoms with Gasteiger partial charge in [0.05, 0.1) is 5.60 Å². The van der Waals surface area contributed by atoms with Crippen molar-refractivity contribution >= 4 is 0 Å². The second-order valence-electron chi connectivity index (χ2n) is 5.07. The lowest BCUT2D eigenvalue weighted by atomic mass is 9.83. The Morgan fingerprint density at radius 1 is 1.24 bits per heavy atom. The van der Waals surface area contributed by atoms with E-state index in [9.17, 15) is 9.50 Å². The zero-order chi connectivity index (χ0) is 12.5. The topological polar surface area (TPSA) is 32.3 Å². The third-order valence-corrected chi connectivity index (χ3v) is 3.56. The maximum Gasteiger partial charge on any atom is 0.129 e. The highest BCUT2D eigenvalue weighted by molar-refractivity contribution is 5.36. The quantitative estimate of drug-likeness (QED) is 0.786. The van der Waals surface area contributed by atoms with Crippen LogP contribution >= 0.6 is 0 Å². The van der Waals surface area contributed by atoms with Crippen molar-refractivity contribution in [2.45, 2.75) is 38.7 Å². The summed E-state index contributed by atoms with van der Waals surface area (Å²) in [4.78, 5) is 0. The fourth-order valence-corrected chi connectivity index (χ4v) is 2.81. The molecule has 1 fully saturated rings. The van der Waals surface area contributed by atoms with Crippen LogP contribution < -0.4 is 5.32 Å². The molecular formula is C14H20FNO. The normalized spacial score (nSPS) is 25.6. The van der Waals surface area contributed by atoms with Crippen molar-refractivity contribution < 1.29 is 9.50 Å². The van der Waals surface area contributed by atoms with Crippen LogP contribution in [0.3, 0.4) is 0 Å². The first-order valence-corrected chi connectivity index (χ1v) is 6.23. The smallest absolute Gasteiger partial charge is 0.129 e. The summed E-state index contributed by atoms with van der Waals surface area (Å²) >= 11 is 0. The molecule has 94 valence electrons. The molecule has 2 nitrogen and oxygen atoms in total. The molecule has 0 spiro atoms. The van der Waals surface area contributed by atoms with Gasteiger partial charge in [-0.15, -0.1) is 0 Å². The molecule has 1 aliphatic rings. The summed E-state index contributed by atoms with van der Waals surface area (Å²) in [7, 11) is 0. The first-order valence-electron chi connectivity index (χ1n) is 6.23. The second-order valence-corrected chi connectivity index (χ2v) is 5.07. The Morgan fingerprint density at radius 3 is 2.71 bits per heavy atom. The van der Waals surface area contributed by atoms with Crippen molar-refractivity contribution in [1.29, 1.82) is 0 Å². The molecule has 0 saturated carbocycles. The van der Waals surface area contributed by atoms with Gasteiger partial charge in [0.2, 0.25) is 0 Å². The Morgan fingerprint density at radius 2 is 2.00 bits per heavy atom. The zero-order valence-corrected chi connectivity index (χ0v) is 10.5. The van der Waals surface area contributed by atoms with E-state index in [1.54, 1.807) is 0 Å². The van der Waals surface area contributed by atoms with Crippen molar-refractivity contribution in [3.63, 3.8) is 0 Å². The molecule has 3 heteroatoms. The lowest BCUT2D eigenvalue weighted by Gasteiger charge is -2.29. The van der Waals surface area contributed by atoms with Crippen molar-refractivity contribution in [2.75, 3.05) is 13.1 Å². The summed E-state index contributed by atoms with van der Waals surface area (Å²) in [6, 6.07) is 3.45. The van der Waals surface area contributed by atoms with Crippen molar-refractivity contribution in [3.05, 3.63) is 34.6 Å². The minimum atomic E-state index is -1.01. The molecule has 1 saturated heterocycles. The molecule has 2 N–H and O–H groups in total. The van der Waals surface area contributed by atoms with Crippen LogP contribution in [0.2, 0.25) is 0 Å². The Kier molecular flexibility index (Phi) is 3.50. The number of aliphatic hydroxyl groups is 1. The summed E-state index contributed by atoms with van der Waals surface area (Å²) in [6.45, 7) is 5.39. The summed E-state index contributed by atoms with van der Waals surface area (Å²) in [5.74, 6) is -0.271. The molecule has 0 bridgehead atoms. The molecule has 1 atom stereocenters. The Labute approximate surface area is 102 Å². The van der Waals surface area contributed by atoms with Crippen molar-refractivity contribution in [1.82, 2.24) is 5.32 Å². The van der Waals surface area contributed by atoms with Gasteiger partial charge in [0.25, 0.3) is 0 Å². The number of hydrogen-bond acceptors (Lipinski definition) is 2. The molecule has 1 aromatic carbocycles. The highest BCUT2D eigenvalue weighted by atomic mass is 19.1. The van der Waals surface area contributed by atoms with Crippen LogP contribution in [0.25, 0.3) is 0 Å². The zero-order valence-electron chi connectivity index (χ0n) is 10.5. The maximum absolute atomic E-state index is 14.1. The van der Waals surface area contributed by atoms with Gasteiger partial charge in [0.15, 0.2) is 0 Å². The predicted octanol–water partition coefficient (Wildman–Crippen LogP) is 2.40. The van der Waals surface area contributed by atoms with E-state index in [4.69, 9.17) is 0 Å². The van der Waals surface area contributed by atoms with Crippen molar-refractivity contribution in [3.8, 4) is 0 Å². The maximum atomic E-state index is 14.1. The summed E-state index contributed by atoms with van der Waals surface area (Å²) in [5, 5.41) is 13.9. The first-order chi connectivity index (χ1) is 8.03. The minimum absolute atomic E-state index is 0.271. The largest absolute Gasteiger partial charge is 0.385 e. The van der Waals surface area contributed by atoms with Gasteiger partial charge in [0.1, 0.15) is 5.82 Å². The molecule has 1 unspecified atom stereocenters. The number of hydrogen-bond donors (Lipinski definition) is 2. The van der Waals surface area contributed by atoms with E-state index < -0.39 is 5.60 Å². The number of nitrogens with one attached hydrogen (secondary N) is 1. The summed E-state index contributed by atoms with van der Waals surface area (Å²) in [5.41, 5.74) is 1.24. The summed E-state index contributed by atoms with van der Waals surface area (Å²) < 4.78 is 14.1. The Balaban J connectivity index is 2.44. The van der Waals surface area contributed by atoms with Crippen LogP contribution in [0, 0.1) is 19.7 Å². The van der Waals surface area contributed by atoms with Gasteiger partial charge < -0.3 is 10.4 Å². The summed E-state index contributed by atoms with van der Waals surface area (Å²) in [6.07, 6.45) is 2.08. The van der Waals surface area contributed by atoms with Gasteiger partial charge >= 0.3 is 0 Å². The molecule has 2 rings (SSSR count). The van der Waals surface area contributed by atoms with E-state index in [0.717, 1.165) is 30.6 Å². The van der Waals surface area contributed by atoms with E-state index in [1.807, 2.05) is 19.9 Å². The molecule has 17 heavy (non-hydrogen) atoms. The molecule has 0 aliphatic carbocycles. The van der Waals surface area contributed by atoms with Gasteiger partial charge in [-0.05, 0) is 63.4 Å². The van der Waals surface area contributed by atoms with Gasteiger partial charge in [0, 0.05) is 5.56 Å². The van der Waals surface area contributed by atoms with Crippen LogP contribution in [-0.4, -0.2) is 18.2 Å². The van der Waals surface area contributed by atoms with E-state index in [0.29, 0.717) is 18.4 Å². The van der Waals surface area contributed by atoms with Gasteiger partial charge in [-0.1, -0.05) is 6.07 Å². The Bertz CT molecular complexity index is 386. The average molecular weight is 237 g/mol. The van der Waals surface area contributed by atoms with Crippen LogP contribution in [0.1, 0.15) is 36.0 Å². The molecule has 1 aromatic rings. The van der Waals surface area contributed by atoms with Crippen LogP contribution in [0.4, 0.5) is 4.39 Å². The third kappa shape index (κ3) is 2.50. The second kappa shape index (κ2) is 4.75. The lowest BCUT2D eigenvalue weighted by molar-refractivity contribution is 0.0199. The van der Waals surface area contributed by atoms with E-state index in [2.05, 4.69) is 5.32 Å². The van der Waals surface area contributed by atoms with Crippen molar-refractivity contribution in [2.24, 2.45) is 0 Å². The van der Waals surface area contributed by atoms with E-state index >= 15 is 0 Å². The van der Waals surface area contributed by atoms with Crippen LogP contribution in [-0.2, 0) is 5.60 Å². The monoisotopic (exact) mass is 237 g/mol. The number of rotatable bonds is 1. The first kappa shape index (κ1) is 12.5. The van der Waals surface area contributed by atoms with E-state index in [1.165, 1.54) is 6.07 Å². The number of aryl methyl sites for hydroxylation is 2. The SMILES string of the molecule is Cc1cc(C)c(C2(O)CCCNCC2)c(F)c1. The fourth-order valence-electron chi connectivity index (χ4n) is 2.81. The molecular weight excluding hydrogens is 217 g/mol. The number of halogens is 1. The van der Waals surface area contributed by atoms with E-state index in [-0.39, 0.29) is 5.82 Å². The predicted molar refractivity (Wildman–Crippen MR) is 66.5 cm³/mol. The highest BCUT2D eigenvalue weighted by Gasteiger charge is 2.33. The molecule has 1 heterocycles. The minimum Gasteiger partial charge on any atom is -0.385 e. The van der Waals surface area contributed by atoms with Crippen LogP contribution in [0.15, 0.2) is 12.1 Å². The standard InChI is InChI=1S/C14H20FNO/c1-10-8-11(2)13(12(15)9-10)14(17)4-3-6-16-7-5-14/h8-9,16-17H,3-7H2,1-2H3. The highest BCUT2D eigenvalue weighted by Crippen LogP contribution is 2.35. The van der Waals surface area contributed by atoms with Crippen LogP contribution in [0.5, 0.6) is 0 Å². The van der Waals surface area contributed by atoms with Gasteiger partial charge in [-0.25, -0.2) is 4.39 Å². The fraction of sp³-hybridized carbons (Fsp3) is 0.571. The molecule has 0 amide bonds. The average Bonchev–Trinajstić information content (AvgIpc) is 2.41. The molecule has 0 radical (unpaired) electrons. The van der Waals surface area contributed by atoms with Gasteiger partial charge in [-0.3, -0.25) is 0 Å². The van der Waals surface area contributed by atoms with Gasteiger partial charge in [-0.2, -0.15) is 0 Å².